The highest BCUT2D eigenvalue weighted by atomic mass is 32.2. The van der Waals surface area contributed by atoms with Crippen LogP contribution in [-0.4, -0.2) is 39.7 Å². The SMILES string of the molecule is CNC(=O)c1cccc(N/N=C2\CNc3ccc(S(=O)(=O)NC(C)C)cc32)c1. The van der Waals surface area contributed by atoms with Gasteiger partial charge in [0.05, 0.1) is 22.8 Å². The van der Waals surface area contributed by atoms with Crippen LogP contribution < -0.4 is 20.8 Å². The summed E-state index contributed by atoms with van der Waals surface area (Å²) in [5.74, 6) is -0.184. The lowest BCUT2D eigenvalue weighted by atomic mass is 10.1. The zero-order chi connectivity index (χ0) is 20.3. The van der Waals surface area contributed by atoms with Gasteiger partial charge in [0.2, 0.25) is 10.0 Å². The number of benzene rings is 2. The van der Waals surface area contributed by atoms with E-state index in [2.05, 4.69) is 25.9 Å². The fraction of sp³-hybridized carbons (Fsp3) is 0.263. The van der Waals surface area contributed by atoms with E-state index < -0.39 is 10.0 Å². The summed E-state index contributed by atoms with van der Waals surface area (Å²) in [5, 5.41) is 10.2. The first kappa shape index (κ1) is 19.8. The van der Waals surface area contributed by atoms with Gasteiger partial charge >= 0.3 is 0 Å². The van der Waals surface area contributed by atoms with Crippen LogP contribution in [0, 0.1) is 0 Å². The molecule has 0 spiro atoms. The number of hydrogen-bond donors (Lipinski definition) is 4. The van der Waals surface area contributed by atoms with Crippen LogP contribution in [0.4, 0.5) is 11.4 Å². The predicted octanol–water partition coefficient (Wildman–Crippen LogP) is 1.97. The van der Waals surface area contributed by atoms with E-state index in [0.717, 1.165) is 11.3 Å². The summed E-state index contributed by atoms with van der Waals surface area (Å²) in [4.78, 5) is 11.9. The van der Waals surface area contributed by atoms with E-state index in [9.17, 15) is 13.2 Å². The van der Waals surface area contributed by atoms with Crippen molar-refractivity contribution in [1.82, 2.24) is 10.0 Å². The molecule has 9 heteroatoms. The largest absolute Gasteiger partial charge is 0.379 e. The lowest BCUT2D eigenvalue weighted by Crippen LogP contribution is -2.30. The molecule has 0 atom stereocenters. The van der Waals surface area contributed by atoms with Crippen LogP contribution in [0.5, 0.6) is 0 Å². The highest BCUT2D eigenvalue weighted by molar-refractivity contribution is 7.89. The van der Waals surface area contributed by atoms with Crippen molar-refractivity contribution in [3.63, 3.8) is 0 Å². The molecule has 148 valence electrons. The number of anilines is 2. The van der Waals surface area contributed by atoms with Crippen molar-refractivity contribution in [2.45, 2.75) is 24.8 Å². The molecule has 0 radical (unpaired) electrons. The number of amides is 1. The topological polar surface area (TPSA) is 112 Å². The predicted molar refractivity (Wildman–Crippen MR) is 110 cm³/mol. The highest BCUT2D eigenvalue weighted by Crippen LogP contribution is 2.26. The van der Waals surface area contributed by atoms with Crippen molar-refractivity contribution in [1.29, 1.82) is 0 Å². The van der Waals surface area contributed by atoms with Gasteiger partial charge in [-0.1, -0.05) is 6.07 Å². The van der Waals surface area contributed by atoms with E-state index in [0.29, 0.717) is 23.5 Å². The normalized spacial score (nSPS) is 14.6. The summed E-state index contributed by atoms with van der Waals surface area (Å²) in [7, 11) is -2.01. The van der Waals surface area contributed by atoms with Crippen LogP contribution >= 0.6 is 0 Å². The Kier molecular flexibility index (Phi) is 5.66. The summed E-state index contributed by atoms with van der Waals surface area (Å²) >= 11 is 0. The first-order valence-electron chi connectivity index (χ1n) is 8.85. The summed E-state index contributed by atoms with van der Waals surface area (Å²) in [6.07, 6.45) is 0. The molecule has 1 heterocycles. The molecule has 28 heavy (non-hydrogen) atoms. The van der Waals surface area contributed by atoms with E-state index in [1.807, 2.05) is 0 Å². The second-order valence-electron chi connectivity index (χ2n) is 6.67. The maximum atomic E-state index is 12.4. The van der Waals surface area contributed by atoms with Crippen molar-refractivity contribution in [3.05, 3.63) is 53.6 Å². The Morgan fingerprint density at radius 3 is 2.68 bits per heavy atom. The van der Waals surface area contributed by atoms with Crippen LogP contribution in [0.3, 0.4) is 0 Å². The smallest absolute Gasteiger partial charge is 0.251 e. The van der Waals surface area contributed by atoms with Crippen LogP contribution in [0.25, 0.3) is 0 Å². The van der Waals surface area contributed by atoms with Gasteiger partial charge in [0.15, 0.2) is 0 Å². The molecular formula is C19H23N5O3S. The minimum Gasteiger partial charge on any atom is -0.379 e. The fourth-order valence-electron chi connectivity index (χ4n) is 2.84. The van der Waals surface area contributed by atoms with Crippen LogP contribution in [-0.2, 0) is 10.0 Å². The molecule has 1 aliphatic heterocycles. The minimum atomic E-state index is -3.59. The molecule has 0 saturated heterocycles. The molecule has 0 aromatic heterocycles. The number of hydrogen-bond acceptors (Lipinski definition) is 6. The zero-order valence-corrected chi connectivity index (χ0v) is 16.7. The van der Waals surface area contributed by atoms with E-state index in [4.69, 9.17) is 0 Å². The molecule has 2 aromatic rings. The quantitative estimate of drug-likeness (QED) is 0.553. The standard InChI is InChI=1S/C19H23N5O3S/c1-12(2)24-28(26,27)15-7-8-17-16(10-15)18(11-21-17)23-22-14-6-4-5-13(9-14)19(25)20-3/h4-10,12,21-22,24H,11H2,1-3H3,(H,20,25)/b23-18+. The summed E-state index contributed by atoms with van der Waals surface area (Å²) in [5.41, 5.74) is 6.35. The van der Waals surface area contributed by atoms with Crippen LogP contribution in [0.15, 0.2) is 52.5 Å². The van der Waals surface area contributed by atoms with Gasteiger partial charge < -0.3 is 10.6 Å². The average Bonchev–Trinajstić information content (AvgIpc) is 3.07. The molecular weight excluding hydrogens is 378 g/mol. The second kappa shape index (κ2) is 7.99. The number of rotatable bonds is 6. The summed E-state index contributed by atoms with van der Waals surface area (Å²) in [6, 6.07) is 11.7. The molecule has 3 rings (SSSR count). The first-order valence-corrected chi connectivity index (χ1v) is 10.3. The van der Waals surface area contributed by atoms with Gasteiger partial charge in [-0.05, 0) is 50.2 Å². The molecule has 4 N–H and O–H groups in total. The number of sulfonamides is 1. The number of nitrogens with zero attached hydrogens (tertiary/aromatic N) is 1. The van der Waals surface area contributed by atoms with Crippen LogP contribution in [0.1, 0.15) is 29.8 Å². The highest BCUT2D eigenvalue weighted by Gasteiger charge is 2.22. The number of carbonyl (C=O) groups is 1. The third kappa shape index (κ3) is 4.32. The summed E-state index contributed by atoms with van der Waals surface area (Å²) < 4.78 is 27.4. The monoisotopic (exact) mass is 401 g/mol. The van der Waals surface area contributed by atoms with Crippen LogP contribution in [0.2, 0.25) is 0 Å². The molecule has 0 saturated carbocycles. The number of hydrazone groups is 1. The Morgan fingerprint density at radius 1 is 1.18 bits per heavy atom. The fourth-order valence-corrected chi connectivity index (χ4v) is 4.12. The van der Waals surface area contributed by atoms with Gasteiger partial charge in [0.25, 0.3) is 5.91 Å². The molecule has 0 fully saturated rings. The van der Waals surface area contributed by atoms with E-state index in [1.54, 1.807) is 63.4 Å². The average molecular weight is 401 g/mol. The van der Waals surface area contributed by atoms with Crippen molar-refractivity contribution in [2.24, 2.45) is 5.10 Å². The van der Waals surface area contributed by atoms with Gasteiger partial charge in [-0.25, -0.2) is 13.1 Å². The molecule has 0 aliphatic carbocycles. The first-order chi connectivity index (χ1) is 13.3. The van der Waals surface area contributed by atoms with E-state index >= 15 is 0 Å². The lowest BCUT2D eigenvalue weighted by molar-refractivity contribution is 0.0963. The van der Waals surface area contributed by atoms with Gasteiger partial charge in [0.1, 0.15) is 0 Å². The Bertz CT molecular complexity index is 1030. The Hall–Kier alpha value is -2.91. The van der Waals surface area contributed by atoms with Crippen molar-refractivity contribution in [2.75, 3.05) is 24.3 Å². The second-order valence-corrected chi connectivity index (χ2v) is 8.38. The van der Waals surface area contributed by atoms with Gasteiger partial charge in [-0.3, -0.25) is 10.2 Å². The Balaban J connectivity index is 1.86. The van der Waals surface area contributed by atoms with Crippen molar-refractivity contribution < 1.29 is 13.2 Å². The molecule has 2 aromatic carbocycles. The zero-order valence-electron chi connectivity index (χ0n) is 15.9. The van der Waals surface area contributed by atoms with E-state index in [-0.39, 0.29) is 16.8 Å². The minimum absolute atomic E-state index is 0.184. The van der Waals surface area contributed by atoms with Gasteiger partial charge in [0, 0.05) is 29.9 Å². The van der Waals surface area contributed by atoms with Crippen molar-refractivity contribution in [3.8, 4) is 0 Å². The summed E-state index contributed by atoms with van der Waals surface area (Å²) in [6.45, 7) is 4.02. The third-order valence-corrected chi connectivity index (χ3v) is 5.78. The maximum Gasteiger partial charge on any atom is 0.251 e. The van der Waals surface area contributed by atoms with Gasteiger partial charge in [-0.15, -0.1) is 0 Å². The number of carbonyl (C=O) groups excluding carboxylic acids is 1. The molecule has 8 nitrogen and oxygen atoms in total. The Labute approximate surface area is 164 Å². The lowest BCUT2D eigenvalue weighted by Gasteiger charge is -2.10. The van der Waals surface area contributed by atoms with E-state index in [1.165, 1.54) is 0 Å². The third-order valence-electron chi connectivity index (χ3n) is 4.12. The Morgan fingerprint density at radius 2 is 1.96 bits per heavy atom. The maximum absolute atomic E-state index is 12.4. The van der Waals surface area contributed by atoms with Gasteiger partial charge in [-0.2, -0.15) is 5.10 Å². The van der Waals surface area contributed by atoms with Crippen molar-refractivity contribution >= 4 is 33.0 Å². The molecule has 0 bridgehead atoms. The molecule has 1 aliphatic rings. The molecule has 1 amide bonds. The molecule has 0 unspecified atom stereocenters. The number of nitrogens with one attached hydrogen (secondary N) is 4. The number of fused-ring (bicyclic) bond motifs is 1.